The van der Waals surface area contributed by atoms with Crippen molar-refractivity contribution in [3.8, 4) is 22.7 Å². The maximum absolute atomic E-state index is 13.2. The number of para-hydroxylation sites is 1. The first kappa shape index (κ1) is 19.6. The van der Waals surface area contributed by atoms with E-state index in [4.69, 9.17) is 15.6 Å². The molecule has 0 atom stereocenters. The highest BCUT2D eigenvalue weighted by molar-refractivity contribution is 7.89. The van der Waals surface area contributed by atoms with Gasteiger partial charge in [0, 0.05) is 11.8 Å². The van der Waals surface area contributed by atoms with Crippen molar-refractivity contribution >= 4 is 26.9 Å². The molecule has 4 rings (SSSR count). The van der Waals surface area contributed by atoms with E-state index in [1.54, 1.807) is 42.5 Å². The Balaban J connectivity index is 1.94. The van der Waals surface area contributed by atoms with Gasteiger partial charge in [-0.1, -0.05) is 24.3 Å². The lowest BCUT2D eigenvalue weighted by Crippen LogP contribution is -2.23. The standard InChI is InChI=1S/C20H17N5O4S/c1-29-18-17(30(22,27)28)10-13(11-23-18)12-7-8-16-15(9-12)19(26)25(20(21)24-16)14-5-3-2-4-6-14/h2-11H,1H3,(H2,21,24)(H2,22,27,28). The van der Waals surface area contributed by atoms with Gasteiger partial charge in [-0.15, -0.1) is 0 Å². The van der Waals surface area contributed by atoms with E-state index in [2.05, 4.69) is 9.97 Å². The summed E-state index contributed by atoms with van der Waals surface area (Å²) in [7, 11) is -2.76. The van der Waals surface area contributed by atoms with E-state index in [1.807, 2.05) is 6.07 Å². The van der Waals surface area contributed by atoms with E-state index in [-0.39, 0.29) is 22.3 Å². The molecule has 0 saturated carbocycles. The van der Waals surface area contributed by atoms with Crippen LogP contribution in [0, 0.1) is 0 Å². The third kappa shape index (κ3) is 3.38. The van der Waals surface area contributed by atoms with Crippen molar-refractivity contribution in [1.82, 2.24) is 14.5 Å². The molecule has 0 aliphatic rings. The number of hydrogen-bond donors (Lipinski definition) is 2. The zero-order valence-electron chi connectivity index (χ0n) is 15.8. The molecule has 0 radical (unpaired) electrons. The molecule has 30 heavy (non-hydrogen) atoms. The zero-order chi connectivity index (χ0) is 21.5. The molecule has 2 aromatic heterocycles. The molecule has 152 valence electrons. The summed E-state index contributed by atoms with van der Waals surface area (Å²) in [5.41, 5.74) is 7.68. The van der Waals surface area contributed by atoms with Crippen LogP contribution in [0.1, 0.15) is 0 Å². The Morgan fingerprint density at radius 2 is 1.77 bits per heavy atom. The van der Waals surface area contributed by atoms with E-state index in [0.717, 1.165) is 0 Å². The summed E-state index contributed by atoms with van der Waals surface area (Å²) in [6.45, 7) is 0. The number of rotatable bonds is 4. The number of nitrogens with zero attached hydrogens (tertiary/aromatic N) is 3. The second kappa shape index (κ2) is 7.25. The second-order valence-electron chi connectivity index (χ2n) is 6.45. The lowest BCUT2D eigenvalue weighted by molar-refractivity contribution is 0.385. The molecule has 0 amide bonds. The second-order valence-corrected chi connectivity index (χ2v) is 7.98. The molecular weight excluding hydrogens is 406 g/mol. The molecule has 0 aliphatic carbocycles. The van der Waals surface area contributed by atoms with Gasteiger partial charge in [-0.2, -0.15) is 0 Å². The first-order valence-electron chi connectivity index (χ1n) is 8.74. The molecule has 0 bridgehead atoms. The lowest BCUT2D eigenvalue weighted by atomic mass is 10.1. The molecule has 2 heterocycles. The van der Waals surface area contributed by atoms with Gasteiger partial charge in [0.25, 0.3) is 5.56 Å². The summed E-state index contributed by atoms with van der Waals surface area (Å²) in [5.74, 6) is -0.0445. The first-order chi connectivity index (χ1) is 14.3. The normalized spacial score (nSPS) is 11.5. The van der Waals surface area contributed by atoms with E-state index in [1.165, 1.54) is 23.9 Å². The van der Waals surface area contributed by atoms with Gasteiger partial charge in [0.15, 0.2) is 0 Å². The van der Waals surface area contributed by atoms with Crippen LogP contribution in [-0.2, 0) is 10.0 Å². The quantitative estimate of drug-likeness (QED) is 0.508. The van der Waals surface area contributed by atoms with E-state index < -0.39 is 10.0 Å². The van der Waals surface area contributed by atoms with Gasteiger partial charge in [-0.3, -0.25) is 4.79 Å². The molecule has 4 aromatic rings. The third-order valence-electron chi connectivity index (χ3n) is 4.56. The topological polar surface area (TPSA) is 143 Å². The minimum Gasteiger partial charge on any atom is -0.480 e. The van der Waals surface area contributed by atoms with Crippen molar-refractivity contribution in [3.63, 3.8) is 0 Å². The Bertz CT molecular complexity index is 1430. The SMILES string of the molecule is COc1ncc(-c2ccc3nc(N)n(-c4ccccc4)c(=O)c3c2)cc1S(N)(=O)=O. The number of anilines is 1. The highest BCUT2D eigenvalue weighted by atomic mass is 32.2. The maximum atomic E-state index is 13.2. The van der Waals surface area contributed by atoms with Gasteiger partial charge >= 0.3 is 0 Å². The van der Waals surface area contributed by atoms with Crippen molar-refractivity contribution in [1.29, 1.82) is 0 Å². The summed E-state index contributed by atoms with van der Waals surface area (Å²) in [4.78, 5) is 21.2. The number of hydrogen-bond acceptors (Lipinski definition) is 7. The number of ether oxygens (including phenoxy) is 1. The number of fused-ring (bicyclic) bond motifs is 1. The van der Waals surface area contributed by atoms with Crippen LogP contribution >= 0.6 is 0 Å². The largest absolute Gasteiger partial charge is 0.480 e. The smallest absolute Gasteiger partial charge is 0.267 e. The minimum absolute atomic E-state index is 0.0640. The van der Waals surface area contributed by atoms with Gasteiger partial charge in [0.1, 0.15) is 4.90 Å². The molecule has 4 N–H and O–H groups in total. The van der Waals surface area contributed by atoms with Gasteiger partial charge in [0.2, 0.25) is 21.9 Å². The van der Waals surface area contributed by atoms with Crippen LogP contribution in [0.2, 0.25) is 0 Å². The van der Waals surface area contributed by atoms with Crippen LogP contribution in [0.5, 0.6) is 5.88 Å². The number of sulfonamides is 1. The van der Waals surface area contributed by atoms with Crippen molar-refractivity contribution in [2.75, 3.05) is 12.8 Å². The van der Waals surface area contributed by atoms with E-state index in [9.17, 15) is 13.2 Å². The van der Waals surface area contributed by atoms with E-state index in [0.29, 0.717) is 27.7 Å². The summed E-state index contributed by atoms with van der Waals surface area (Å²) >= 11 is 0. The number of nitrogen functional groups attached to an aromatic ring is 1. The van der Waals surface area contributed by atoms with Crippen molar-refractivity contribution in [3.05, 3.63) is 71.1 Å². The average Bonchev–Trinajstić information content (AvgIpc) is 2.73. The zero-order valence-corrected chi connectivity index (χ0v) is 16.6. The molecule has 9 nitrogen and oxygen atoms in total. The number of pyridine rings is 1. The fourth-order valence-corrected chi connectivity index (χ4v) is 3.83. The molecule has 0 fully saturated rings. The summed E-state index contributed by atoms with van der Waals surface area (Å²) in [6.07, 6.45) is 1.44. The average molecular weight is 423 g/mol. The Morgan fingerprint density at radius 1 is 1.03 bits per heavy atom. The molecule has 10 heteroatoms. The molecule has 2 aromatic carbocycles. The molecule has 0 aliphatic heterocycles. The van der Waals surface area contributed by atoms with Crippen LogP contribution in [0.3, 0.4) is 0 Å². The van der Waals surface area contributed by atoms with E-state index >= 15 is 0 Å². The summed E-state index contributed by atoms with van der Waals surface area (Å²) in [6, 6.07) is 15.2. The Hall–Kier alpha value is -3.76. The van der Waals surface area contributed by atoms with Crippen molar-refractivity contribution in [2.45, 2.75) is 4.90 Å². The number of primary sulfonamides is 1. The van der Waals surface area contributed by atoms with Crippen LogP contribution < -0.4 is 21.2 Å². The number of methoxy groups -OCH3 is 1. The summed E-state index contributed by atoms with van der Waals surface area (Å²) < 4.78 is 30.1. The molecular formula is C20H17N5O4S. The van der Waals surface area contributed by atoms with Crippen LogP contribution in [0.25, 0.3) is 27.7 Å². The fourth-order valence-electron chi connectivity index (χ4n) is 3.16. The van der Waals surface area contributed by atoms with Crippen molar-refractivity contribution in [2.24, 2.45) is 5.14 Å². The highest BCUT2D eigenvalue weighted by Gasteiger charge is 2.18. The number of aromatic nitrogens is 3. The van der Waals surface area contributed by atoms with Crippen LogP contribution in [0.4, 0.5) is 5.95 Å². The van der Waals surface area contributed by atoms with Crippen molar-refractivity contribution < 1.29 is 13.2 Å². The lowest BCUT2D eigenvalue weighted by Gasteiger charge is -2.12. The monoisotopic (exact) mass is 423 g/mol. The minimum atomic E-state index is -4.06. The summed E-state index contributed by atoms with van der Waals surface area (Å²) in [5, 5.41) is 5.59. The highest BCUT2D eigenvalue weighted by Crippen LogP contribution is 2.28. The number of benzene rings is 2. The van der Waals surface area contributed by atoms with Crippen LogP contribution in [-0.4, -0.2) is 30.1 Å². The first-order valence-corrected chi connectivity index (χ1v) is 10.3. The van der Waals surface area contributed by atoms with Gasteiger partial charge < -0.3 is 10.5 Å². The Kier molecular flexibility index (Phi) is 4.72. The predicted octanol–water partition coefficient (Wildman–Crippen LogP) is 1.69. The van der Waals surface area contributed by atoms with Gasteiger partial charge in [0.05, 0.1) is 23.7 Å². The third-order valence-corrected chi connectivity index (χ3v) is 5.47. The Labute approximate surface area is 171 Å². The Morgan fingerprint density at radius 3 is 2.43 bits per heavy atom. The number of nitrogens with two attached hydrogens (primary N) is 2. The molecule has 0 saturated heterocycles. The predicted molar refractivity (Wildman–Crippen MR) is 113 cm³/mol. The maximum Gasteiger partial charge on any atom is 0.267 e. The molecule has 0 spiro atoms. The van der Waals surface area contributed by atoms with Gasteiger partial charge in [-0.25, -0.2) is 28.1 Å². The molecule has 0 unspecified atom stereocenters. The van der Waals surface area contributed by atoms with Gasteiger partial charge in [-0.05, 0) is 35.9 Å². The fraction of sp³-hybridized carbons (Fsp3) is 0.0500. The van der Waals surface area contributed by atoms with Crippen LogP contribution in [0.15, 0.2) is 70.5 Å².